The van der Waals surface area contributed by atoms with Crippen LogP contribution >= 0.6 is 0 Å². The van der Waals surface area contributed by atoms with Crippen LogP contribution in [-0.2, 0) is 9.53 Å². The van der Waals surface area contributed by atoms with Gasteiger partial charge in [0.25, 0.3) is 0 Å². The van der Waals surface area contributed by atoms with Crippen molar-refractivity contribution in [3.8, 4) is 0 Å². The van der Waals surface area contributed by atoms with E-state index in [4.69, 9.17) is 4.74 Å². The summed E-state index contributed by atoms with van der Waals surface area (Å²) >= 11 is 0. The molecule has 3 heteroatoms. The van der Waals surface area contributed by atoms with Crippen molar-refractivity contribution in [3.63, 3.8) is 0 Å². The van der Waals surface area contributed by atoms with E-state index >= 15 is 0 Å². The normalized spacial score (nSPS) is 19.7. The minimum Gasteiger partial charge on any atom is -0.381 e. The zero-order valence-electron chi connectivity index (χ0n) is 9.56. The molecule has 86 valence electrons. The van der Waals surface area contributed by atoms with Crippen LogP contribution in [0.5, 0.6) is 0 Å². The number of amides is 1. The second-order valence-electron chi connectivity index (χ2n) is 3.98. The van der Waals surface area contributed by atoms with Gasteiger partial charge in [-0.25, -0.2) is 0 Å². The van der Waals surface area contributed by atoms with Gasteiger partial charge in [0.2, 0.25) is 5.91 Å². The number of rotatable bonds is 3. The fourth-order valence-electron chi connectivity index (χ4n) is 2.02. The number of carbonyl (C=O) groups excluding carboxylic acids is 1. The Kier molecular flexibility index (Phi) is 3.57. The maximum absolute atomic E-state index is 12.2. The van der Waals surface area contributed by atoms with Gasteiger partial charge in [-0.15, -0.1) is 0 Å². The molecule has 1 atom stereocenters. The van der Waals surface area contributed by atoms with E-state index < -0.39 is 0 Å². The third kappa shape index (κ3) is 2.25. The number of carbonyl (C=O) groups is 1. The monoisotopic (exact) mass is 219 g/mol. The molecule has 16 heavy (non-hydrogen) atoms. The summed E-state index contributed by atoms with van der Waals surface area (Å²) in [7, 11) is 0. The second kappa shape index (κ2) is 5.12. The van der Waals surface area contributed by atoms with Gasteiger partial charge in [0, 0.05) is 18.8 Å². The quantitative estimate of drug-likeness (QED) is 0.779. The number of nitrogens with zero attached hydrogens (tertiary/aromatic N) is 1. The smallest absolute Gasteiger partial charge is 0.232 e. The average Bonchev–Trinajstić information content (AvgIpc) is 2.85. The van der Waals surface area contributed by atoms with E-state index in [0.29, 0.717) is 19.8 Å². The van der Waals surface area contributed by atoms with Gasteiger partial charge in [-0.2, -0.15) is 0 Å². The molecule has 1 unspecified atom stereocenters. The third-order valence-electron chi connectivity index (χ3n) is 2.93. The molecular formula is C13H17NO2. The van der Waals surface area contributed by atoms with Crippen LogP contribution in [0.2, 0.25) is 0 Å². The summed E-state index contributed by atoms with van der Waals surface area (Å²) in [5.74, 6) is 0.228. The Hall–Kier alpha value is -1.35. The third-order valence-corrected chi connectivity index (χ3v) is 2.93. The molecule has 0 spiro atoms. The van der Waals surface area contributed by atoms with Crippen LogP contribution in [-0.4, -0.2) is 25.7 Å². The lowest BCUT2D eigenvalue weighted by Crippen LogP contribution is -2.36. The van der Waals surface area contributed by atoms with Crippen molar-refractivity contribution >= 4 is 11.6 Å². The summed E-state index contributed by atoms with van der Waals surface area (Å²) in [6.07, 6.45) is 0.849. The Morgan fingerprint density at radius 3 is 2.75 bits per heavy atom. The van der Waals surface area contributed by atoms with Crippen LogP contribution in [0.15, 0.2) is 30.3 Å². The van der Waals surface area contributed by atoms with Crippen molar-refractivity contribution in [1.29, 1.82) is 0 Å². The first-order chi connectivity index (χ1) is 7.83. The molecule has 1 heterocycles. The number of hydrogen-bond acceptors (Lipinski definition) is 2. The Morgan fingerprint density at radius 1 is 1.44 bits per heavy atom. The lowest BCUT2D eigenvalue weighted by Gasteiger charge is -2.23. The summed E-state index contributed by atoms with van der Waals surface area (Å²) in [5.41, 5.74) is 0.974. The molecule has 1 amide bonds. The molecule has 1 saturated heterocycles. The van der Waals surface area contributed by atoms with Gasteiger partial charge in [0.15, 0.2) is 0 Å². The van der Waals surface area contributed by atoms with Gasteiger partial charge < -0.3 is 9.64 Å². The van der Waals surface area contributed by atoms with Gasteiger partial charge in [-0.05, 0) is 25.5 Å². The molecule has 1 aliphatic rings. The Balaban J connectivity index is 2.13. The molecule has 0 radical (unpaired) electrons. The molecule has 0 bridgehead atoms. The SMILES string of the molecule is CCN(C(=O)C1CCOC1)c1ccccc1. The van der Waals surface area contributed by atoms with E-state index in [1.165, 1.54) is 0 Å². The topological polar surface area (TPSA) is 29.5 Å². The summed E-state index contributed by atoms with van der Waals surface area (Å²) < 4.78 is 5.26. The number of para-hydroxylation sites is 1. The fraction of sp³-hybridized carbons (Fsp3) is 0.462. The highest BCUT2D eigenvalue weighted by Gasteiger charge is 2.27. The van der Waals surface area contributed by atoms with Crippen LogP contribution in [0.4, 0.5) is 5.69 Å². The van der Waals surface area contributed by atoms with Crippen LogP contribution in [0.1, 0.15) is 13.3 Å². The van der Waals surface area contributed by atoms with Gasteiger partial charge in [-0.1, -0.05) is 18.2 Å². The van der Waals surface area contributed by atoms with E-state index in [1.54, 1.807) is 0 Å². The van der Waals surface area contributed by atoms with Gasteiger partial charge in [0.05, 0.1) is 12.5 Å². The van der Waals surface area contributed by atoms with E-state index in [0.717, 1.165) is 12.1 Å². The number of hydrogen-bond donors (Lipinski definition) is 0. The first-order valence-corrected chi connectivity index (χ1v) is 5.77. The number of benzene rings is 1. The van der Waals surface area contributed by atoms with E-state index in [1.807, 2.05) is 42.2 Å². The summed E-state index contributed by atoms with van der Waals surface area (Å²) in [6.45, 7) is 3.99. The molecule has 2 rings (SSSR count). The van der Waals surface area contributed by atoms with Gasteiger partial charge >= 0.3 is 0 Å². The summed E-state index contributed by atoms with van der Waals surface area (Å²) in [5, 5.41) is 0. The first kappa shape index (κ1) is 11.1. The van der Waals surface area contributed by atoms with Gasteiger partial charge in [0.1, 0.15) is 0 Å². The van der Waals surface area contributed by atoms with Crippen molar-refractivity contribution in [1.82, 2.24) is 0 Å². The van der Waals surface area contributed by atoms with E-state index in [9.17, 15) is 4.79 Å². The highest BCUT2D eigenvalue weighted by atomic mass is 16.5. The van der Waals surface area contributed by atoms with Crippen molar-refractivity contribution < 1.29 is 9.53 Å². The highest BCUT2D eigenvalue weighted by molar-refractivity contribution is 5.95. The number of ether oxygens (including phenoxy) is 1. The van der Waals surface area contributed by atoms with Crippen molar-refractivity contribution in [2.24, 2.45) is 5.92 Å². The Bertz CT molecular complexity index is 344. The molecule has 1 fully saturated rings. The van der Waals surface area contributed by atoms with E-state index in [-0.39, 0.29) is 11.8 Å². The zero-order chi connectivity index (χ0) is 11.4. The molecule has 1 aromatic carbocycles. The van der Waals surface area contributed by atoms with Crippen molar-refractivity contribution in [2.75, 3.05) is 24.7 Å². The maximum Gasteiger partial charge on any atom is 0.232 e. The Labute approximate surface area is 96.0 Å². The molecular weight excluding hydrogens is 202 g/mol. The molecule has 0 N–H and O–H groups in total. The minimum absolute atomic E-state index is 0.0418. The molecule has 1 aromatic rings. The second-order valence-corrected chi connectivity index (χ2v) is 3.98. The lowest BCUT2D eigenvalue weighted by molar-refractivity contribution is -0.122. The highest BCUT2D eigenvalue weighted by Crippen LogP contribution is 2.20. The zero-order valence-corrected chi connectivity index (χ0v) is 9.56. The van der Waals surface area contributed by atoms with E-state index in [2.05, 4.69) is 0 Å². The predicted octanol–water partition coefficient (Wildman–Crippen LogP) is 2.08. The first-order valence-electron chi connectivity index (χ1n) is 5.77. The maximum atomic E-state index is 12.2. The Morgan fingerprint density at radius 2 is 2.19 bits per heavy atom. The molecule has 0 aromatic heterocycles. The van der Waals surface area contributed by atoms with Crippen molar-refractivity contribution in [3.05, 3.63) is 30.3 Å². The minimum atomic E-state index is 0.0418. The fourth-order valence-corrected chi connectivity index (χ4v) is 2.02. The van der Waals surface area contributed by atoms with Gasteiger partial charge in [-0.3, -0.25) is 4.79 Å². The van der Waals surface area contributed by atoms with Crippen LogP contribution in [0, 0.1) is 5.92 Å². The lowest BCUT2D eigenvalue weighted by atomic mass is 10.1. The van der Waals surface area contributed by atoms with Crippen LogP contribution in [0.25, 0.3) is 0 Å². The molecule has 1 aliphatic heterocycles. The average molecular weight is 219 g/mol. The standard InChI is InChI=1S/C13H17NO2/c1-2-14(12-6-4-3-5-7-12)13(15)11-8-9-16-10-11/h3-7,11H,2,8-10H2,1H3. The molecule has 0 aliphatic carbocycles. The molecule has 3 nitrogen and oxygen atoms in total. The van der Waals surface area contributed by atoms with Crippen molar-refractivity contribution in [2.45, 2.75) is 13.3 Å². The molecule has 0 saturated carbocycles. The largest absolute Gasteiger partial charge is 0.381 e. The summed E-state index contributed by atoms with van der Waals surface area (Å²) in [6, 6.07) is 9.81. The van der Waals surface area contributed by atoms with Crippen LogP contribution < -0.4 is 4.90 Å². The van der Waals surface area contributed by atoms with Crippen LogP contribution in [0.3, 0.4) is 0 Å². The number of anilines is 1. The summed E-state index contributed by atoms with van der Waals surface area (Å²) in [4.78, 5) is 14.1. The predicted molar refractivity (Wildman–Crippen MR) is 63.4 cm³/mol.